The van der Waals surface area contributed by atoms with Crippen molar-refractivity contribution in [3.63, 3.8) is 0 Å². The molecule has 0 saturated carbocycles. The average Bonchev–Trinajstić information content (AvgIpc) is 3.04. The molecule has 5 nitrogen and oxygen atoms in total. The number of hydrogen-bond donors (Lipinski definition) is 2. The van der Waals surface area contributed by atoms with E-state index in [0.29, 0.717) is 28.2 Å². The summed E-state index contributed by atoms with van der Waals surface area (Å²) in [5.41, 5.74) is 3.54. The molecule has 0 saturated heterocycles. The Labute approximate surface area is 169 Å². The number of ether oxygens (including phenoxy) is 1. The highest BCUT2D eigenvalue weighted by Crippen LogP contribution is 2.31. The standard InChI is InChI=1S/C22H25N3O2S/c1-5-27-19-9-7-6-8-18(19)25-22-23-15(4)20(28-22)21(26)24-17-12-10-16(11-13-17)14(2)3/h6-14H,5H2,1-4H3,(H,23,25)(H,24,26). The van der Waals surface area contributed by atoms with Crippen LogP contribution in [-0.4, -0.2) is 17.5 Å². The Balaban J connectivity index is 1.74. The Morgan fingerprint density at radius 3 is 2.54 bits per heavy atom. The van der Waals surface area contributed by atoms with Crippen molar-refractivity contribution in [2.24, 2.45) is 0 Å². The van der Waals surface area contributed by atoms with Crippen LogP contribution in [0.15, 0.2) is 48.5 Å². The predicted molar refractivity (Wildman–Crippen MR) is 116 cm³/mol. The minimum Gasteiger partial charge on any atom is -0.492 e. The van der Waals surface area contributed by atoms with E-state index in [9.17, 15) is 4.79 Å². The van der Waals surface area contributed by atoms with E-state index in [-0.39, 0.29) is 5.91 Å². The van der Waals surface area contributed by atoms with Gasteiger partial charge < -0.3 is 15.4 Å². The highest BCUT2D eigenvalue weighted by Gasteiger charge is 2.16. The summed E-state index contributed by atoms with van der Waals surface area (Å²) >= 11 is 1.33. The quantitative estimate of drug-likeness (QED) is 0.517. The summed E-state index contributed by atoms with van der Waals surface area (Å²) in [4.78, 5) is 17.8. The van der Waals surface area contributed by atoms with Gasteiger partial charge in [0.05, 0.1) is 18.0 Å². The van der Waals surface area contributed by atoms with Crippen LogP contribution in [0.25, 0.3) is 0 Å². The van der Waals surface area contributed by atoms with E-state index in [2.05, 4.69) is 29.5 Å². The minimum atomic E-state index is -0.154. The first-order valence-corrected chi connectivity index (χ1v) is 10.2. The van der Waals surface area contributed by atoms with E-state index in [1.54, 1.807) is 0 Å². The minimum absolute atomic E-state index is 0.154. The van der Waals surface area contributed by atoms with Gasteiger partial charge in [0.15, 0.2) is 5.13 Å². The van der Waals surface area contributed by atoms with Crippen molar-refractivity contribution < 1.29 is 9.53 Å². The summed E-state index contributed by atoms with van der Waals surface area (Å²) in [6.45, 7) is 8.66. The second-order valence-electron chi connectivity index (χ2n) is 6.72. The van der Waals surface area contributed by atoms with Crippen molar-refractivity contribution in [1.82, 2.24) is 4.98 Å². The molecule has 1 aromatic heterocycles. The largest absolute Gasteiger partial charge is 0.492 e. The Kier molecular flexibility index (Phi) is 6.31. The van der Waals surface area contributed by atoms with Crippen LogP contribution in [0.1, 0.15) is 47.6 Å². The first kappa shape index (κ1) is 19.9. The molecule has 0 radical (unpaired) electrons. The van der Waals surface area contributed by atoms with Gasteiger partial charge in [-0.25, -0.2) is 4.98 Å². The molecule has 0 bridgehead atoms. The first-order valence-electron chi connectivity index (χ1n) is 9.35. The maximum absolute atomic E-state index is 12.7. The van der Waals surface area contributed by atoms with Crippen LogP contribution in [0.5, 0.6) is 5.75 Å². The zero-order chi connectivity index (χ0) is 20.1. The second-order valence-corrected chi connectivity index (χ2v) is 7.72. The number of nitrogens with one attached hydrogen (secondary N) is 2. The highest BCUT2D eigenvalue weighted by molar-refractivity contribution is 7.17. The molecular weight excluding hydrogens is 370 g/mol. The number of aromatic nitrogens is 1. The normalized spacial score (nSPS) is 10.8. The summed E-state index contributed by atoms with van der Waals surface area (Å²) in [5.74, 6) is 1.06. The van der Waals surface area contributed by atoms with Crippen molar-refractivity contribution in [1.29, 1.82) is 0 Å². The average molecular weight is 396 g/mol. The molecule has 0 atom stereocenters. The third-order valence-electron chi connectivity index (χ3n) is 4.27. The van der Waals surface area contributed by atoms with Gasteiger partial charge in [-0.3, -0.25) is 4.79 Å². The molecule has 0 fully saturated rings. The van der Waals surface area contributed by atoms with Crippen molar-refractivity contribution in [3.8, 4) is 5.75 Å². The number of para-hydroxylation sites is 2. The van der Waals surface area contributed by atoms with Crippen LogP contribution in [0, 0.1) is 6.92 Å². The third-order valence-corrected chi connectivity index (χ3v) is 5.34. The summed E-state index contributed by atoms with van der Waals surface area (Å²) in [6.07, 6.45) is 0. The number of aryl methyl sites for hydroxylation is 1. The van der Waals surface area contributed by atoms with E-state index in [4.69, 9.17) is 4.74 Å². The van der Waals surface area contributed by atoms with Crippen LogP contribution in [0.3, 0.4) is 0 Å². The maximum atomic E-state index is 12.7. The molecule has 0 aliphatic rings. The van der Waals surface area contributed by atoms with Crippen molar-refractivity contribution >= 4 is 33.8 Å². The lowest BCUT2D eigenvalue weighted by molar-refractivity contribution is 0.103. The number of rotatable bonds is 7. The molecule has 2 aromatic carbocycles. The number of amides is 1. The SMILES string of the molecule is CCOc1ccccc1Nc1nc(C)c(C(=O)Nc2ccc(C(C)C)cc2)s1. The van der Waals surface area contributed by atoms with E-state index in [1.807, 2.05) is 62.4 Å². The predicted octanol–water partition coefficient (Wildman–Crippen LogP) is 5.97. The second kappa shape index (κ2) is 8.89. The molecule has 146 valence electrons. The lowest BCUT2D eigenvalue weighted by Gasteiger charge is -2.09. The molecule has 0 unspecified atom stereocenters. The van der Waals surface area contributed by atoms with Gasteiger partial charge in [0.25, 0.3) is 5.91 Å². The monoisotopic (exact) mass is 395 g/mol. The molecule has 0 aliphatic heterocycles. The van der Waals surface area contributed by atoms with Gasteiger partial charge in [-0.1, -0.05) is 49.4 Å². The van der Waals surface area contributed by atoms with Crippen molar-refractivity contribution in [3.05, 3.63) is 64.7 Å². The van der Waals surface area contributed by atoms with Gasteiger partial charge in [0, 0.05) is 5.69 Å². The number of carbonyl (C=O) groups excluding carboxylic acids is 1. The van der Waals surface area contributed by atoms with E-state index in [1.165, 1.54) is 16.9 Å². The Morgan fingerprint density at radius 2 is 1.86 bits per heavy atom. The number of thiazole rings is 1. The highest BCUT2D eigenvalue weighted by atomic mass is 32.1. The molecule has 1 heterocycles. The van der Waals surface area contributed by atoms with Crippen LogP contribution < -0.4 is 15.4 Å². The molecule has 1 amide bonds. The molecular formula is C22H25N3O2S. The Bertz CT molecular complexity index is 949. The van der Waals surface area contributed by atoms with Gasteiger partial charge in [-0.2, -0.15) is 0 Å². The zero-order valence-corrected chi connectivity index (χ0v) is 17.4. The Hall–Kier alpha value is -2.86. The summed E-state index contributed by atoms with van der Waals surface area (Å²) < 4.78 is 5.63. The van der Waals surface area contributed by atoms with E-state index < -0.39 is 0 Å². The van der Waals surface area contributed by atoms with Crippen LogP contribution >= 0.6 is 11.3 Å². The maximum Gasteiger partial charge on any atom is 0.267 e. The molecule has 0 aliphatic carbocycles. The molecule has 2 N–H and O–H groups in total. The summed E-state index contributed by atoms with van der Waals surface area (Å²) in [6, 6.07) is 15.6. The Morgan fingerprint density at radius 1 is 1.14 bits per heavy atom. The fourth-order valence-electron chi connectivity index (χ4n) is 2.77. The molecule has 3 rings (SSSR count). The van der Waals surface area contributed by atoms with Gasteiger partial charge in [-0.05, 0) is 49.6 Å². The smallest absolute Gasteiger partial charge is 0.267 e. The number of carbonyl (C=O) groups is 1. The number of hydrogen-bond acceptors (Lipinski definition) is 5. The zero-order valence-electron chi connectivity index (χ0n) is 16.6. The summed E-state index contributed by atoms with van der Waals surface area (Å²) in [7, 11) is 0. The van der Waals surface area contributed by atoms with Crippen LogP contribution in [0.4, 0.5) is 16.5 Å². The molecule has 3 aromatic rings. The van der Waals surface area contributed by atoms with Gasteiger partial charge >= 0.3 is 0 Å². The van der Waals surface area contributed by atoms with Gasteiger partial charge in [0.2, 0.25) is 0 Å². The van der Waals surface area contributed by atoms with Crippen LogP contribution in [0.2, 0.25) is 0 Å². The molecule has 6 heteroatoms. The fraction of sp³-hybridized carbons (Fsp3) is 0.273. The van der Waals surface area contributed by atoms with Gasteiger partial charge in [-0.15, -0.1) is 0 Å². The van der Waals surface area contributed by atoms with Crippen molar-refractivity contribution in [2.75, 3.05) is 17.2 Å². The molecule has 0 spiro atoms. The third kappa shape index (κ3) is 4.70. The van der Waals surface area contributed by atoms with Crippen molar-refractivity contribution in [2.45, 2.75) is 33.6 Å². The molecule has 28 heavy (non-hydrogen) atoms. The number of anilines is 3. The number of benzene rings is 2. The number of nitrogens with zero attached hydrogens (tertiary/aromatic N) is 1. The van der Waals surface area contributed by atoms with E-state index in [0.717, 1.165) is 17.1 Å². The lowest BCUT2D eigenvalue weighted by Crippen LogP contribution is -2.11. The van der Waals surface area contributed by atoms with E-state index >= 15 is 0 Å². The van der Waals surface area contributed by atoms with Gasteiger partial charge in [0.1, 0.15) is 10.6 Å². The first-order chi connectivity index (χ1) is 13.5. The topological polar surface area (TPSA) is 63.2 Å². The summed E-state index contributed by atoms with van der Waals surface area (Å²) in [5, 5.41) is 6.87. The fourth-order valence-corrected chi connectivity index (χ4v) is 3.64. The van der Waals surface area contributed by atoms with Crippen LogP contribution in [-0.2, 0) is 0 Å². The lowest BCUT2D eigenvalue weighted by atomic mass is 10.0.